The summed E-state index contributed by atoms with van der Waals surface area (Å²) in [6, 6.07) is 0. The fourth-order valence-corrected chi connectivity index (χ4v) is 3.25. The number of hydrogen-bond donors (Lipinski definition) is 0. The van der Waals surface area contributed by atoms with E-state index in [1.54, 1.807) is 0 Å². The van der Waals surface area contributed by atoms with Crippen LogP contribution in [0, 0.1) is 5.41 Å². The molecule has 0 fully saturated rings. The van der Waals surface area contributed by atoms with Gasteiger partial charge in [-0.15, -0.1) is 29.0 Å². The maximum Gasteiger partial charge on any atom is 0.240 e. The van der Waals surface area contributed by atoms with Crippen LogP contribution in [-0.2, 0) is 0 Å². The van der Waals surface area contributed by atoms with Crippen LogP contribution in [0.4, 0.5) is 0 Å². The van der Waals surface area contributed by atoms with Crippen molar-refractivity contribution in [3.63, 3.8) is 0 Å². The molecule has 0 bridgehead atoms. The van der Waals surface area contributed by atoms with Crippen molar-refractivity contribution in [2.24, 2.45) is 5.41 Å². The van der Waals surface area contributed by atoms with Gasteiger partial charge in [0.2, 0.25) is 4.29 Å². The SMILES string of the molecule is C=C(C)CC(C)(C)CB(P)I. The molecule has 0 aliphatic heterocycles. The van der Waals surface area contributed by atoms with Crippen molar-refractivity contribution in [3.8, 4) is 0 Å². The minimum Gasteiger partial charge on any atom is -0.159 e. The third-order valence-electron chi connectivity index (χ3n) is 1.53. The summed E-state index contributed by atoms with van der Waals surface area (Å²) in [6.07, 6.45) is 2.38. The molecule has 0 aliphatic rings. The van der Waals surface area contributed by atoms with Crippen LogP contribution in [0.25, 0.3) is 0 Å². The van der Waals surface area contributed by atoms with Gasteiger partial charge in [-0.05, 0) is 18.8 Å². The highest BCUT2D eigenvalue weighted by atomic mass is 127. The Morgan fingerprint density at radius 3 is 2.36 bits per heavy atom. The summed E-state index contributed by atoms with van der Waals surface area (Å²) in [7, 11) is 2.84. The summed E-state index contributed by atoms with van der Waals surface area (Å²) in [4.78, 5) is 0. The highest BCUT2D eigenvalue weighted by Gasteiger charge is 2.21. The standard InChI is InChI=1S/C8H17BIP/c1-7(2)5-8(3,4)6-9(10)11/h1,5-6,11H2,2-4H3. The van der Waals surface area contributed by atoms with E-state index >= 15 is 0 Å². The minimum atomic E-state index is 0.416. The number of rotatable bonds is 4. The quantitative estimate of drug-likeness (QED) is 0.318. The van der Waals surface area contributed by atoms with Crippen LogP contribution in [0.5, 0.6) is 0 Å². The number of halogens is 1. The molecular formula is C8H17BIP. The van der Waals surface area contributed by atoms with E-state index < -0.39 is 0 Å². The van der Waals surface area contributed by atoms with Crippen LogP contribution in [0.15, 0.2) is 12.2 Å². The monoisotopic (exact) mass is 282 g/mol. The lowest BCUT2D eigenvalue weighted by atomic mass is 9.74. The van der Waals surface area contributed by atoms with Gasteiger partial charge >= 0.3 is 0 Å². The Bertz CT molecular complexity index is 143. The molecule has 0 aliphatic carbocycles. The lowest BCUT2D eigenvalue weighted by Gasteiger charge is -2.25. The molecule has 11 heavy (non-hydrogen) atoms. The predicted octanol–water partition coefficient (Wildman–Crippen LogP) is 3.78. The predicted molar refractivity (Wildman–Crippen MR) is 67.5 cm³/mol. The molecule has 3 heteroatoms. The molecule has 0 saturated heterocycles. The van der Waals surface area contributed by atoms with Crippen molar-refractivity contribution in [1.82, 2.24) is 0 Å². The highest BCUT2D eigenvalue weighted by Crippen LogP contribution is 2.33. The fourth-order valence-electron chi connectivity index (χ4n) is 1.42. The average molecular weight is 282 g/mol. The van der Waals surface area contributed by atoms with Gasteiger partial charge in [0, 0.05) is 0 Å². The first-order valence-electron chi connectivity index (χ1n) is 3.87. The maximum atomic E-state index is 3.94. The second kappa shape index (κ2) is 4.86. The number of hydrogen-bond acceptors (Lipinski definition) is 0. The van der Waals surface area contributed by atoms with Crippen LogP contribution >= 0.6 is 31.5 Å². The Hall–Kier alpha value is 0.965. The van der Waals surface area contributed by atoms with E-state index in [0.717, 1.165) is 6.42 Å². The summed E-state index contributed by atoms with van der Waals surface area (Å²) in [6.45, 7) is 10.6. The first-order chi connectivity index (χ1) is 4.83. The van der Waals surface area contributed by atoms with Crippen molar-refractivity contribution in [2.45, 2.75) is 33.5 Å². The van der Waals surface area contributed by atoms with Crippen LogP contribution in [0.1, 0.15) is 27.2 Å². The fraction of sp³-hybridized carbons (Fsp3) is 0.750. The van der Waals surface area contributed by atoms with E-state index in [4.69, 9.17) is 0 Å². The van der Waals surface area contributed by atoms with E-state index in [1.807, 2.05) is 0 Å². The highest BCUT2D eigenvalue weighted by molar-refractivity contribution is 14.1. The van der Waals surface area contributed by atoms with E-state index in [1.165, 1.54) is 11.9 Å². The van der Waals surface area contributed by atoms with Gasteiger partial charge in [0.05, 0.1) is 0 Å². The molecule has 0 rings (SSSR count). The molecule has 1 atom stereocenters. The second-order valence-corrected chi connectivity index (χ2v) is 7.78. The Balaban J connectivity index is 3.89. The van der Waals surface area contributed by atoms with Gasteiger partial charge in [0.25, 0.3) is 0 Å². The zero-order valence-electron chi connectivity index (χ0n) is 7.65. The molecule has 0 radical (unpaired) electrons. The van der Waals surface area contributed by atoms with Crippen LogP contribution in [0.2, 0.25) is 6.32 Å². The summed E-state index contributed by atoms with van der Waals surface area (Å²) >= 11 is 2.45. The molecule has 1 unspecified atom stereocenters. The van der Waals surface area contributed by atoms with E-state index in [2.05, 4.69) is 58.8 Å². The smallest absolute Gasteiger partial charge is 0.159 e. The van der Waals surface area contributed by atoms with Gasteiger partial charge in [-0.25, -0.2) is 0 Å². The third-order valence-corrected chi connectivity index (χ3v) is 2.20. The second-order valence-electron chi connectivity index (χ2n) is 4.02. The van der Waals surface area contributed by atoms with Gasteiger partial charge in [-0.1, -0.05) is 25.7 Å². The van der Waals surface area contributed by atoms with E-state index in [9.17, 15) is 0 Å². The number of allylic oxidation sites excluding steroid dienone is 1. The molecular weight excluding hydrogens is 265 g/mol. The first-order valence-corrected chi connectivity index (χ1v) is 5.79. The Morgan fingerprint density at radius 2 is 2.09 bits per heavy atom. The lowest BCUT2D eigenvalue weighted by Crippen LogP contribution is -2.15. The van der Waals surface area contributed by atoms with Crippen molar-refractivity contribution in [3.05, 3.63) is 12.2 Å². The van der Waals surface area contributed by atoms with E-state index in [-0.39, 0.29) is 0 Å². The molecule has 0 nitrogen and oxygen atoms in total. The Labute approximate surface area is 86.7 Å². The Morgan fingerprint density at radius 1 is 1.64 bits per heavy atom. The summed E-state index contributed by atoms with van der Waals surface area (Å²) in [5.74, 6) is 0. The summed E-state index contributed by atoms with van der Waals surface area (Å²) in [5.41, 5.74) is 1.71. The van der Waals surface area contributed by atoms with Crippen molar-refractivity contribution >= 4 is 35.8 Å². The van der Waals surface area contributed by atoms with Crippen LogP contribution < -0.4 is 0 Å². The van der Waals surface area contributed by atoms with Gasteiger partial charge in [0.1, 0.15) is 0 Å². The van der Waals surface area contributed by atoms with Gasteiger partial charge in [-0.3, -0.25) is 0 Å². The summed E-state index contributed by atoms with van der Waals surface area (Å²) in [5, 5.41) is 0. The molecule has 0 aromatic carbocycles. The topological polar surface area (TPSA) is 0 Å². The van der Waals surface area contributed by atoms with Crippen molar-refractivity contribution in [2.75, 3.05) is 0 Å². The molecule has 0 amide bonds. The van der Waals surface area contributed by atoms with Gasteiger partial charge < -0.3 is 0 Å². The molecule has 0 saturated carbocycles. The van der Waals surface area contributed by atoms with Crippen molar-refractivity contribution in [1.29, 1.82) is 0 Å². The van der Waals surface area contributed by atoms with Crippen LogP contribution in [0.3, 0.4) is 0 Å². The Kier molecular flexibility index (Phi) is 5.29. The normalized spacial score (nSPS) is 11.4. The first kappa shape index (κ1) is 12.0. The van der Waals surface area contributed by atoms with Crippen molar-refractivity contribution < 1.29 is 0 Å². The zero-order valence-corrected chi connectivity index (χ0v) is 11.0. The molecule has 0 N–H and O–H groups in total. The molecule has 0 spiro atoms. The lowest BCUT2D eigenvalue weighted by molar-refractivity contribution is 0.409. The maximum absolute atomic E-state index is 3.94. The molecule has 64 valence electrons. The third kappa shape index (κ3) is 7.33. The molecule has 0 aromatic heterocycles. The largest absolute Gasteiger partial charge is 0.240 e. The minimum absolute atomic E-state index is 0.416. The average Bonchev–Trinajstić information content (AvgIpc) is 1.53. The molecule has 0 heterocycles. The van der Waals surface area contributed by atoms with Gasteiger partial charge in [-0.2, -0.15) is 9.12 Å². The summed E-state index contributed by atoms with van der Waals surface area (Å²) < 4.78 is 0.682. The zero-order chi connectivity index (χ0) is 9.07. The van der Waals surface area contributed by atoms with Crippen LogP contribution in [-0.4, -0.2) is 4.29 Å². The van der Waals surface area contributed by atoms with E-state index in [0.29, 0.717) is 9.70 Å². The van der Waals surface area contributed by atoms with Gasteiger partial charge in [0.15, 0.2) is 0 Å². The molecule has 0 aromatic rings.